The zero-order valence-corrected chi connectivity index (χ0v) is 13.5. The first-order chi connectivity index (χ1) is 12.1. The zero-order valence-electron chi connectivity index (χ0n) is 13.5. The standard InChI is InChI=1S/C19H16N2O4/c1-13(18-8-5-11-25-18)20-16-10-9-15(12-17(16)21(23)24)19(22)14-6-3-2-4-7-14/h2-13,20H,1H3/t13-/m0/s1. The van der Waals surface area contributed by atoms with E-state index in [0.717, 1.165) is 0 Å². The van der Waals surface area contributed by atoms with Crippen molar-refractivity contribution in [2.75, 3.05) is 5.32 Å². The van der Waals surface area contributed by atoms with E-state index in [1.807, 2.05) is 13.0 Å². The molecule has 0 bridgehead atoms. The van der Waals surface area contributed by atoms with Crippen LogP contribution in [0, 0.1) is 10.1 Å². The lowest BCUT2D eigenvalue weighted by molar-refractivity contribution is -0.384. The van der Waals surface area contributed by atoms with Crippen molar-refractivity contribution in [2.24, 2.45) is 0 Å². The topological polar surface area (TPSA) is 85.4 Å². The highest BCUT2D eigenvalue weighted by Gasteiger charge is 2.20. The maximum absolute atomic E-state index is 12.5. The van der Waals surface area contributed by atoms with Gasteiger partial charge in [0.2, 0.25) is 0 Å². The molecular weight excluding hydrogens is 320 g/mol. The molecule has 0 radical (unpaired) electrons. The molecule has 0 aliphatic heterocycles. The fourth-order valence-electron chi connectivity index (χ4n) is 2.54. The van der Waals surface area contributed by atoms with Gasteiger partial charge in [-0.05, 0) is 31.2 Å². The van der Waals surface area contributed by atoms with Gasteiger partial charge >= 0.3 is 0 Å². The van der Waals surface area contributed by atoms with Gasteiger partial charge in [0.1, 0.15) is 11.4 Å². The number of ketones is 1. The molecule has 2 aromatic carbocycles. The third kappa shape index (κ3) is 3.58. The molecule has 1 atom stereocenters. The second-order valence-electron chi connectivity index (χ2n) is 5.57. The highest BCUT2D eigenvalue weighted by Crippen LogP contribution is 2.30. The summed E-state index contributed by atoms with van der Waals surface area (Å²) < 4.78 is 5.30. The van der Waals surface area contributed by atoms with Crippen LogP contribution in [0.1, 0.15) is 34.6 Å². The van der Waals surface area contributed by atoms with Gasteiger partial charge in [0, 0.05) is 17.2 Å². The molecule has 6 heteroatoms. The lowest BCUT2D eigenvalue weighted by Crippen LogP contribution is -2.09. The summed E-state index contributed by atoms with van der Waals surface area (Å²) in [6.07, 6.45) is 1.55. The van der Waals surface area contributed by atoms with E-state index in [0.29, 0.717) is 17.0 Å². The molecule has 1 heterocycles. The van der Waals surface area contributed by atoms with Crippen molar-refractivity contribution in [3.8, 4) is 0 Å². The van der Waals surface area contributed by atoms with Crippen molar-refractivity contribution in [2.45, 2.75) is 13.0 Å². The Kier molecular flexibility index (Phi) is 4.61. The lowest BCUT2D eigenvalue weighted by atomic mass is 10.0. The fraction of sp³-hybridized carbons (Fsp3) is 0.105. The van der Waals surface area contributed by atoms with E-state index in [4.69, 9.17) is 4.42 Å². The number of rotatable bonds is 6. The van der Waals surface area contributed by atoms with E-state index in [9.17, 15) is 14.9 Å². The van der Waals surface area contributed by atoms with Gasteiger partial charge < -0.3 is 9.73 Å². The van der Waals surface area contributed by atoms with Crippen LogP contribution in [0.2, 0.25) is 0 Å². The van der Waals surface area contributed by atoms with E-state index >= 15 is 0 Å². The Morgan fingerprint density at radius 1 is 1.08 bits per heavy atom. The Morgan fingerprint density at radius 2 is 1.84 bits per heavy atom. The largest absolute Gasteiger partial charge is 0.467 e. The minimum absolute atomic E-state index is 0.153. The van der Waals surface area contributed by atoms with Gasteiger partial charge in [0.05, 0.1) is 17.2 Å². The third-order valence-electron chi connectivity index (χ3n) is 3.83. The molecule has 0 aliphatic carbocycles. The number of carbonyl (C=O) groups excluding carboxylic acids is 1. The molecular formula is C19H16N2O4. The number of hydrogen-bond acceptors (Lipinski definition) is 5. The van der Waals surface area contributed by atoms with E-state index in [1.165, 1.54) is 6.07 Å². The van der Waals surface area contributed by atoms with Gasteiger partial charge in [-0.2, -0.15) is 0 Å². The number of nitrogens with zero attached hydrogens (tertiary/aromatic N) is 1. The normalized spacial score (nSPS) is 11.7. The Balaban J connectivity index is 1.91. The summed E-state index contributed by atoms with van der Waals surface area (Å²) in [5, 5.41) is 14.5. The SMILES string of the molecule is C[C@H](Nc1ccc(C(=O)c2ccccc2)cc1[N+](=O)[O-])c1ccco1. The van der Waals surface area contributed by atoms with Crippen LogP contribution in [0.4, 0.5) is 11.4 Å². The number of anilines is 1. The number of benzene rings is 2. The average Bonchev–Trinajstić information content (AvgIpc) is 3.17. The van der Waals surface area contributed by atoms with Crippen LogP contribution in [0.3, 0.4) is 0 Å². The van der Waals surface area contributed by atoms with E-state index < -0.39 is 4.92 Å². The summed E-state index contributed by atoms with van der Waals surface area (Å²) in [6.45, 7) is 1.84. The molecule has 1 aromatic heterocycles. The predicted molar refractivity (Wildman–Crippen MR) is 93.7 cm³/mol. The molecule has 0 saturated carbocycles. The number of nitrogens with one attached hydrogen (secondary N) is 1. The summed E-state index contributed by atoms with van der Waals surface area (Å²) in [4.78, 5) is 23.4. The summed E-state index contributed by atoms with van der Waals surface area (Å²) in [7, 11) is 0. The smallest absolute Gasteiger partial charge is 0.293 e. The first-order valence-electron chi connectivity index (χ1n) is 7.74. The highest BCUT2D eigenvalue weighted by molar-refractivity contribution is 6.09. The molecule has 3 rings (SSSR count). The minimum Gasteiger partial charge on any atom is -0.467 e. The molecule has 0 fully saturated rings. The number of carbonyl (C=O) groups is 1. The molecule has 126 valence electrons. The predicted octanol–water partition coefficient (Wildman–Crippen LogP) is 4.59. The van der Waals surface area contributed by atoms with E-state index in [1.54, 1.807) is 54.8 Å². The van der Waals surface area contributed by atoms with Crippen LogP contribution in [0.15, 0.2) is 71.3 Å². The van der Waals surface area contributed by atoms with Gasteiger partial charge in [-0.15, -0.1) is 0 Å². The highest BCUT2D eigenvalue weighted by atomic mass is 16.6. The summed E-state index contributed by atoms with van der Waals surface area (Å²) in [6, 6.07) is 16.4. The summed E-state index contributed by atoms with van der Waals surface area (Å²) in [5.74, 6) is 0.410. The molecule has 0 amide bonds. The Labute approximate surface area is 144 Å². The van der Waals surface area contributed by atoms with Crippen molar-refractivity contribution < 1.29 is 14.1 Å². The monoisotopic (exact) mass is 336 g/mol. The molecule has 6 nitrogen and oxygen atoms in total. The van der Waals surface area contributed by atoms with Crippen molar-refractivity contribution in [1.82, 2.24) is 0 Å². The number of hydrogen-bond donors (Lipinski definition) is 1. The molecule has 3 aromatic rings. The Bertz CT molecular complexity index is 889. The molecule has 0 unspecified atom stereocenters. The quantitative estimate of drug-likeness (QED) is 0.404. The Morgan fingerprint density at radius 3 is 2.48 bits per heavy atom. The average molecular weight is 336 g/mol. The van der Waals surface area contributed by atoms with Crippen molar-refractivity contribution in [3.63, 3.8) is 0 Å². The van der Waals surface area contributed by atoms with Crippen LogP contribution < -0.4 is 5.32 Å². The molecule has 1 N–H and O–H groups in total. The van der Waals surface area contributed by atoms with Crippen LogP contribution in [-0.4, -0.2) is 10.7 Å². The maximum Gasteiger partial charge on any atom is 0.293 e. The maximum atomic E-state index is 12.5. The fourth-order valence-corrected chi connectivity index (χ4v) is 2.54. The van der Waals surface area contributed by atoms with Gasteiger partial charge in [-0.1, -0.05) is 30.3 Å². The molecule has 0 spiro atoms. The minimum atomic E-state index is -0.501. The molecule has 0 aliphatic rings. The Hall–Kier alpha value is -3.41. The second-order valence-corrected chi connectivity index (χ2v) is 5.57. The number of nitro benzene ring substituents is 1. The van der Waals surface area contributed by atoms with Crippen molar-refractivity contribution in [3.05, 3.63) is 93.9 Å². The van der Waals surface area contributed by atoms with Crippen molar-refractivity contribution >= 4 is 17.2 Å². The van der Waals surface area contributed by atoms with Crippen LogP contribution in [-0.2, 0) is 0 Å². The van der Waals surface area contributed by atoms with Gasteiger partial charge in [0.25, 0.3) is 5.69 Å². The zero-order chi connectivity index (χ0) is 17.8. The van der Waals surface area contributed by atoms with E-state index in [-0.39, 0.29) is 23.1 Å². The van der Waals surface area contributed by atoms with Gasteiger partial charge in [-0.25, -0.2) is 0 Å². The lowest BCUT2D eigenvalue weighted by Gasteiger charge is -2.13. The molecule has 25 heavy (non-hydrogen) atoms. The summed E-state index contributed by atoms with van der Waals surface area (Å²) >= 11 is 0. The first-order valence-corrected chi connectivity index (χ1v) is 7.74. The second kappa shape index (κ2) is 7.00. The third-order valence-corrected chi connectivity index (χ3v) is 3.83. The first kappa shape index (κ1) is 16.4. The number of nitro groups is 1. The van der Waals surface area contributed by atoms with Crippen LogP contribution in [0.5, 0.6) is 0 Å². The van der Waals surface area contributed by atoms with Crippen LogP contribution in [0.25, 0.3) is 0 Å². The van der Waals surface area contributed by atoms with E-state index in [2.05, 4.69) is 5.32 Å². The summed E-state index contributed by atoms with van der Waals surface area (Å²) in [5.41, 5.74) is 0.939. The molecule has 0 saturated heterocycles. The van der Waals surface area contributed by atoms with Gasteiger partial charge in [0.15, 0.2) is 5.78 Å². The van der Waals surface area contributed by atoms with Crippen molar-refractivity contribution in [1.29, 1.82) is 0 Å². The van der Waals surface area contributed by atoms with Gasteiger partial charge in [-0.3, -0.25) is 14.9 Å². The van der Waals surface area contributed by atoms with Crippen LogP contribution >= 0.6 is 0 Å². The number of furan rings is 1.